The minimum Gasteiger partial charge on any atom is -0.466 e. The first kappa shape index (κ1) is 13.0. The highest BCUT2D eigenvalue weighted by Crippen LogP contribution is 2.19. The van der Waals surface area contributed by atoms with Gasteiger partial charge in [0.1, 0.15) is 0 Å². The second-order valence-corrected chi connectivity index (χ2v) is 3.63. The maximum Gasteiger partial charge on any atom is 0.330 e. The van der Waals surface area contributed by atoms with Gasteiger partial charge in [0.2, 0.25) is 5.91 Å². The molecule has 0 bridgehead atoms. The van der Waals surface area contributed by atoms with E-state index in [1.54, 1.807) is 12.1 Å². The molecule has 0 aliphatic heterocycles. The largest absolute Gasteiger partial charge is 0.466 e. The fraction of sp³-hybridized carbons (Fsp3) is 0.231. The molecule has 1 aromatic carbocycles. The molecular formula is C13H15NO3. The van der Waals surface area contributed by atoms with Crippen LogP contribution in [-0.4, -0.2) is 19.0 Å². The average molecular weight is 233 g/mol. The number of hydrogen-bond acceptors (Lipinski definition) is 3. The summed E-state index contributed by atoms with van der Waals surface area (Å²) in [6, 6.07) is 5.57. The zero-order valence-corrected chi connectivity index (χ0v) is 10.1. The number of ether oxygens (including phenoxy) is 1. The molecule has 0 unspecified atom stereocenters. The Hall–Kier alpha value is -2.10. The third kappa shape index (κ3) is 4.10. The summed E-state index contributed by atoms with van der Waals surface area (Å²) in [6.45, 7) is 3.38. The highest BCUT2D eigenvalue weighted by atomic mass is 16.5. The van der Waals surface area contributed by atoms with Crippen molar-refractivity contribution in [1.29, 1.82) is 0 Å². The normalized spacial score (nSPS) is 10.3. The number of esters is 1. The van der Waals surface area contributed by atoms with Crippen molar-refractivity contribution >= 4 is 23.6 Å². The van der Waals surface area contributed by atoms with Gasteiger partial charge in [0.25, 0.3) is 0 Å². The first-order valence-electron chi connectivity index (χ1n) is 5.17. The molecular weight excluding hydrogens is 218 g/mol. The van der Waals surface area contributed by atoms with Crippen LogP contribution in [0.25, 0.3) is 6.08 Å². The SMILES string of the molecule is COC(=O)/C=C/c1cc(C)ccc1NC(C)=O. The monoisotopic (exact) mass is 233 g/mol. The van der Waals surface area contributed by atoms with E-state index >= 15 is 0 Å². The van der Waals surface area contributed by atoms with E-state index in [9.17, 15) is 9.59 Å². The molecule has 0 aliphatic rings. The number of anilines is 1. The molecule has 0 saturated heterocycles. The van der Waals surface area contributed by atoms with E-state index in [4.69, 9.17) is 0 Å². The second-order valence-electron chi connectivity index (χ2n) is 3.63. The quantitative estimate of drug-likeness (QED) is 0.642. The fourth-order valence-electron chi connectivity index (χ4n) is 1.35. The zero-order valence-electron chi connectivity index (χ0n) is 10.1. The van der Waals surface area contributed by atoms with Gasteiger partial charge in [-0.1, -0.05) is 11.6 Å². The summed E-state index contributed by atoms with van der Waals surface area (Å²) in [6.07, 6.45) is 2.93. The van der Waals surface area contributed by atoms with Gasteiger partial charge in [0, 0.05) is 18.7 Å². The third-order valence-electron chi connectivity index (χ3n) is 2.12. The van der Waals surface area contributed by atoms with Crippen LogP contribution in [0.2, 0.25) is 0 Å². The number of amides is 1. The Morgan fingerprint density at radius 1 is 1.35 bits per heavy atom. The minimum absolute atomic E-state index is 0.151. The lowest BCUT2D eigenvalue weighted by molar-refractivity contribution is -0.134. The van der Waals surface area contributed by atoms with Crippen LogP contribution in [0.15, 0.2) is 24.3 Å². The Balaban J connectivity index is 3.02. The van der Waals surface area contributed by atoms with Gasteiger partial charge in [-0.15, -0.1) is 0 Å². The number of carbonyl (C=O) groups is 2. The molecule has 17 heavy (non-hydrogen) atoms. The fourth-order valence-corrected chi connectivity index (χ4v) is 1.35. The standard InChI is InChI=1S/C13H15NO3/c1-9-4-6-12(14-10(2)15)11(8-9)5-7-13(16)17-3/h4-8H,1-3H3,(H,14,15)/b7-5+. The third-order valence-corrected chi connectivity index (χ3v) is 2.12. The lowest BCUT2D eigenvalue weighted by Crippen LogP contribution is -2.07. The summed E-state index contributed by atoms with van der Waals surface area (Å²) in [5.41, 5.74) is 2.48. The molecule has 0 heterocycles. The molecule has 1 aromatic rings. The summed E-state index contributed by atoms with van der Waals surface area (Å²) < 4.78 is 4.51. The molecule has 4 heteroatoms. The van der Waals surface area contributed by atoms with Crippen LogP contribution in [0, 0.1) is 6.92 Å². The minimum atomic E-state index is -0.430. The van der Waals surface area contributed by atoms with Crippen molar-refractivity contribution in [3.8, 4) is 0 Å². The van der Waals surface area contributed by atoms with E-state index in [0.717, 1.165) is 11.1 Å². The van der Waals surface area contributed by atoms with Crippen molar-refractivity contribution in [2.24, 2.45) is 0 Å². The molecule has 1 rings (SSSR count). The number of hydrogen-bond donors (Lipinski definition) is 1. The molecule has 1 amide bonds. The molecule has 90 valence electrons. The Morgan fingerprint density at radius 2 is 2.06 bits per heavy atom. The average Bonchev–Trinajstić information content (AvgIpc) is 2.28. The van der Waals surface area contributed by atoms with Crippen LogP contribution in [0.3, 0.4) is 0 Å². The molecule has 0 radical (unpaired) electrons. The van der Waals surface area contributed by atoms with Gasteiger partial charge in [0.15, 0.2) is 0 Å². The van der Waals surface area contributed by atoms with Crippen molar-refractivity contribution in [2.45, 2.75) is 13.8 Å². The highest BCUT2D eigenvalue weighted by Gasteiger charge is 2.02. The van der Waals surface area contributed by atoms with Crippen molar-refractivity contribution in [2.75, 3.05) is 12.4 Å². The van der Waals surface area contributed by atoms with E-state index < -0.39 is 5.97 Å². The van der Waals surface area contributed by atoms with E-state index in [1.165, 1.54) is 20.1 Å². The van der Waals surface area contributed by atoms with Gasteiger partial charge < -0.3 is 10.1 Å². The molecule has 1 N–H and O–H groups in total. The Bertz CT molecular complexity index is 464. The van der Waals surface area contributed by atoms with Crippen molar-refractivity contribution in [3.05, 3.63) is 35.4 Å². The molecule has 0 fully saturated rings. The van der Waals surface area contributed by atoms with Crippen molar-refractivity contribution in [3.63, 3.8) is 0 Å². The van der Waals surface area contributed by atoms with Gasteiger partial charge >= 0.3 is 5.97 Å². The van der Waals surface area contributed by atoms with E-state index in [2.05, 4.69) is 10.1 Å². The summed E-state index contributed by atoms with van der Waals surface area (Å²) in [7, 11) is 1.32. The van der Waals surface area contributed by atoms with Gasteiger partial charge in [-0.2, -0.15) is 0 Å². The number of carbonyl (C=O) groups excluding carboxylic acids is 2. The topological polar surface area (TPSA) is 55.4 Å². The lowest BCUT2D eigenvalue weighted by Gasteiger charge is -2.07. The number of aryl methyl sites for hydroxylation is 1. The molecule has 0 aromatic heterocycles. The van der Waals surface area contributed by atoms with Crippen LogP contribution in [0.5, 0.6) is 0 Å². The summed E-state index contributed by atoms with van der Waals surface area (Å²) >= 11 is 0. The molecule has 0 spiro atoms. The predicted molar refractivity (Wildman–Crippen MR) is 66.5 cm³/mol. The van der Waals surface area contributed by atoms with E-state index in [1.807, 2.05) is 19.1 Å². The Kier molecular flexibility index (Phi) is 4.46. The highest BCUT2D eigenvalue weighted by molar-refractivity contribution is 5.93. The smallest absolute Gasteiger partial charge is 0.330 e. The zero-order chi connectivity index (χ0) is 12.8. The number of nitrogens with one attached hydrogen (secondary N) is 1. The first-order valence-corrected chi connectivity index (χ1v) is 5.17. The first-order chi connectivity index (χ1) is 8.02. The van der Waals surface area contributed by atoms with Gasteiger partial charge in [-0.05, 0) is 30.7 Å². The van der Waals surface area contributed by atoms with E-state index in [0.29, 0.717) is 5.69 Å². The number of rotatable bonds is 3. The van der Waals surface area contributed by atoms with Gasteiger partial charge in [0.05, 0.1) is 7.11 Å². The maximum absolute atomic E-state index is 11.0. The van der Waals surface area contributed by atoms with Crippen molar-refractivity contribution in [1.82, 2.24) is 0 Å². The second kappa shape index (κ2) is 5.84. The van der Waals surface area contributed by atoms with Crippen molar-refractivity contribution < 1.29 is 14.3 Å². The van der Waals surface area contributed by atoms with E-state index in [-0.39, 0.29) is 5.91 Å². The Morgan fingerprint density at radius 3 is 2.65 bits per heavy atom. The predicted octanol–water partition coefficient (Wildman–Crippen LogP) is 2.14. The van der Waals surface area contributed by atoms with Gasteiger partial charge in [-0.25, -0.2) is 4.79 Å². The van der Waals surface area contributed by atoms with Crippen LogP contribution in [0.4, 0.5) is 5.69 Å². The molecule has 0 saturated carbocycles. The summed E-state index contributed by atoms with van der Waals surface area (Å²) in [5.74, 6) is -0.582. The van der Waals surface area contributed by atoms with Gasteiger partial charge in [-0.3, -0.25) is 4.79 Å². The summed E-state index contributed by atoms with van der Waals surface area (Å²) in [4.78, 5) is 22.0. The maximum atomic E-state index is 11.0. The summed E-state index contributed by atoms with van der Waals surface area (Å²) in [5, 5.41) is 2.70. The van der Waals surface area contributed by atoms with Crippen LogP contribution < -0.4 is 5.32 Å². The van der Waals surface area contributed by atoms with Crippen LogP contribution >= 0.6 is 0 Å². The lowest BCUT2D eigenvalue weighted by atomic mass is 10.1. The van der Waals surface area contributed by atoms with Crippen LogP contribution in [-0.2, 0) is 14.3 Å². The number of methoxy groups -OCH3 is 1. The number of benzene rings is 1. The molecule has 0 aliphatic carbocycles. The van der Waals surface area contributed by atoms with Crippen LogP contribution in [0.1, 0.15) is 18.1 Å². The Labute approximate surface area is 100 Å². The molecule has 4 nitrogen and oxygen atoms in total. The molecule has 0 atom stereocenters.